The smallest absolute Gasteiger partial charge is 0.169 e. The number of pyridine rings is 1. The van der Waals surface area contributed by atoms with E-state index in [0.717, 1.165) is 51.7 Å². The van der Waals surface area contributed by atoms with E-state index in [0.29, 0.717) is 0 Å². The molecule has 0 spiro atoms. The van der Waals surface area contributed by atoms with Gasteiger partial charge in [-0.15, -0.1) is 0 Å². The van der Waals surface area contributed by atoms with Crippen LogP contribution in [-0.2, 0) is 15.9 Å². The first-order valence-corrected chi connectivity index (χ1v) is 22.3. The molecule has 0 saturated carbocycles. The molecule has 2 atom stereocenters. The number of hydrogen-bond donors (Lipinski definition) is 0. The van der Waals surface area contributed by atoms with Crippen molar-refractivity contribution in [2.24, 2.45) is 0 Å². The van der Waals surface area contributed by atoms with Gasteiger partial charge in [0.2, 0.25) is 0 Å². The highest BCUT2D eigenvalue weighted by Gasteiger charge is 2.50. The lowest BCUT2D eigenvalue weighted by molar-refractivity contribution is -0.193. The summed E-state index contributed by atoms with van der Waals surface area (Å²) < 4.78 is 13.8. The summed E-state index contributed by atoms with van der Waals surface area (Å²) >= 11 is 0. The molecule has 294 valence electrons. The normalized spacial score (nSPS) is 19.0. The van der Waals surface area contributed by atoms with E-state index in [9.17, 15) is 0 Å². The van der Waals surface area contributed by atoms with Crippen molar-refractivity contribution in [2.75, 3.05) is 19.6 Å². The van der Waals surface area contributed by atoms with Crippen LogP contribution in [0.5, 0.6) is 0 Å². The third-order valence-corrected chi connectivity index (χ3v) is 11.0. The molecule has 3 rings (SSSR count). The van der Waals surface area contributed by atoms with Crippen LogP contribution in [0.4, 0.5) is 0 Å². The van der Waals surface area contributed by atoms with Crippen molar-refractivity contribution in [3.05, 3.63) is 78.7 Å². The van der Waals surface area contributed by atoms with Gasteiger partial charge in [0.25, 0.3) is 0 Å². The molecular formula is C48H80N2O2. The molecule has 0 bridgehead atoms. The van der Waals surface area contributed by atoms with Gasteiger partial charge in [-0.3, -0.25) is 9.88 Å². The Morgan fingerprint density at radius 3 is 1.40 bits per heavy atom. The summed E-state index contributed by atoms with van der Waals surface area (Å²) in [6.45, 7) is 7.61. The van der Waals surface area contributed by atoms with Crippen LogP contribution in [-0.4, -0.2) is 47.5 Å². The SMILES string of the molecule is CCCCC/C=C\C/C=C\CCCCCCCCC1(CCCCCCCC/C=C\C/C=C\CCCCC)O[C@H]2CN(CCc3ccncc3)C[C@H]2O1. The summed E-state index contributed by atoms with van der Waals surface area (Å²) in [5.41, 5.74) is 1.36. The largest absolute Gasteiger partial charge is 0.343 e. The summed E-state index contributed by atoms with van der Waals surface area (Å²) in [5, 5.41) is 0. The van der Waals surface area contributed by atoms with Gasteiger partial charge in [-0.25, -0.2) is 0 Å². The average molecular weight is 717 g/mol. The monoisotopic (exact) mass is 717 g/mol. The zero-order valence-electron chi connectivity index (χ0n) is 34.0. The van der Waals surface area contributed by atoms with Crippen LogP contribution in [0, 0.1) is 0 Å². The zero-order chi connectivity index (χ0) is 36.6. The molecule has 0 unspecified atom stereocenters. The first kappa shape index (κ1) is 44.4. The highest BCUT2D eigenvalue weighted by atomic mass is 16.8. The van der Waals surface area contributed by atoms with Gasteiger partial charge in [0, 0.05) is 44.9 Å². The molecule has 4 heteroatoms. The number of fused-ring (bicyclic) bond motifs is 1. The number of allylic oxidation sites excluding steroid dienone is 8. The molecule has 2 aliphatic heterocycles. The highest BCUT2D eigenvalue weighted by molar-refractivity contribution is 5.10. The first-order chi connectivity index (χ1) is 25.7. The first-order valence-electron chi connectivity index (χ1n) is 22.3. The number of nitrogens with zero attached hydrogens (tertiary/aromatic N) is 2. The van der Waals surface area contributed by atoms with E-state index in [-0.39, 0.29) is 18.0 Å². The molecule has 0 radical (unpaired) electrons. The van der Waals surface area contributed by atoms with Gasteiger partial charge < -0.3 is 9.47 Å². The fourth-order valence-electron chi connectivity index (χ4n) is 7.77. The maximum Gasteiger partial charge on any atom is 0.169 e. The summed E-state index contributed by atoms with van der Waals surface area (Å²) in [6, 6.07) is 4.27. The number of ether oxygens (including phenoxy) is 2. The van der Waals surface area contributed by atoms with Gasteiger partial charge in [0.05, 0.1) is 0 Å². The number of aromatic nitrogens is 1. The Morgan fingerprint density at radius 2 is 0.962 bits per heavy atom. The molecule has 0 N–H and O–H groups in total. The van der Waals surface area contributed by atoms with Gasteiger partial charge >= 0.3 is 0 Å². The molecule has 2 fully saturated rings. The Bertz CT molecular complexity index is 1020. The number of unbranched alkanes of at least 4 members (excludes halogenated alkanes) is 18. The van der Waals surface area contributed by atoms with E-state index in [2.05, 4.69) is 84.5 Å². The Morgan fingerprint density at radius 1 is 0.558 bits per heavy atom. The van der Waals surface area contributed by atoms with E-state index in [1.807, 2.05) is 12.4 Å². The van der Waals surface area contributed by atoms with Gasteiger partial charge in [-0.1, -0.05) is 140 Å². The standard InChI is InChI=1S/C48H80N2O2/c1-3-5-7-9-11-13-15-17-19-21-23-25-27-29-31-33-38-48(39-34-32-30-28-26-24-22-20-18-16-14-12-10-8-6-4-2)51-46-43-50(44-47(46)52-48)42-37-45-35-40-49-41-36-45/h11-14,17-20,35-36,40-41,46-47H,3-10,15-16,21-34,37-39,42-44H2,1-2H3/b13-11-,14-12-,19-17-,20-18-/t46-,47+. The predicted molar refractivity (Wildman–Crippen MR) is 225 cm³/mol. The van der Waals surface area contributed by atoms with Crippen molar-refractivity contribution in [1.29, 1.82) is 0 Å². The molecule has 2 aliphatic rings. The van der Waals surface area contributed by atoms with E-state index in [4.69, 9.17) is 9.47 Å². The molecule has 0 aromatic carbocycles. The Kier molecular flexibility index (Phi) is 25.9. The summed E-state index contributed by atoms with van der Waals surface area (Å²) in [4.78, 5) is 6.71. The molecule has 1 aromatic rings. The third kappa shape index (κ3) is 21.0. The highest BCUT2D eigenvalue weighted by Crippen LogP contribution is 2.40. The van der Waals surface area contributed by atoms with Crippen molar-refractivity contribution in [3.63, 3.8) is 0 Å². The topological polar surface area (TPSA) is 34.6 Å². The maximum absolute atomic E-state index is 6.91. The van der Waals surface area contributed by atoms with Gasteiger partial charge in [-0.2, -0.15) is 0 Å². The minimum atomic E-state index is -0.350. The summed E-state index contributed by atoms with van der Waals surface area (Å²) in [7, 11) is 0. The van der Waals surface area contributed by atoms with Gasteiger partial charge in [-0.05, 0) is 101 Å². The van der Waals surface area contributed by atoms with Crippen molar-refractivity contribution in [3.8, 4) is 0 Å². The van der Waals surface area contributed by atoms with Crippen LogP contribution in [0.1, 0.15) is 186 Å². The average Bonchev–Trinajstić information content (AvgIpc) is 3.70. The van der Waals surface area contributed by atoms with E-state index >= 15 is 0 Å². The van der Waals surface area contributed by atoms with Gasteiger partial charge in [0.15, 0.2) is 5.79 Å². The second-order valence-corrected chi connectivity index (χ2v) is 15.8. The lowest BCUT2D eigenvalue weighted by atomic mass is 9.98. The van der Waals surface area contributed by atoms with E-state index in [1.54, 1.807) is 0 Å². The summed E-state index contributed by atoms with van der Waals surface area (Å²) in [5.74, 6) is -0.350. The van der Waals surface area contributed by atoms with Crippen LogP contribution in [0.15, 0.2) is 73.1 Å². The van der Waals surface area contributed by atoms with Crippen LogP contribution in [0.25, 0.3) is 0 Å². The quantitative estimate of drug-likeness (QED) is 0.0536. The molecular weight excluding hydrogens is 637 g/mol. The Balaban J connectivity index is 1.28. The molecule has 0 aliphatic carbocycles. The van der Waals surface area contributed by atoms with Crippen LogP contribution < -0.4 is 0 Å². The minimum Gasteiger partial charge on any atom is -0.343 e. The number of likely N-dealkylation sites (tertiary alicyclic amines) is 1. The molecule has 0 amide bonds. The second kappa shape index (κ2) is 30.3. The molecule has 2 saturated heterocycles. The predicted octanol–water partition coefficient (Wildman–Crippen LogP) is 13.8. The third-order valence-electron chi connectivity index (χ3n) is 11.0. The zero-order valence-corrected chi connectivity index (χ0v) is 34.0. The summed E-state index contributed by atoms with van der Waals surface area (Å²) in [6.07, 6.45) is 57.2. The maximum atomic E-state index is 6.91. The van der Waals surface area contributed by atoms with Crippen molar-refractivity contribution in [2.45, 2.75) is 205 Å². The van der Waals surface area contributed by atoms with Crippen molar-refractivity contribution < 1.29 is 9.47 Å². The lowest BCUT2D eigenvalue weighted by Gasteiger charge is -2.31. The second-order valence-electron chi connectivity index (χ2n) is 15.8. The molecule has 3 heterocycles. The Labute approximate surface area is 322 Å². The number of rotatable bonds is 33. The van der Waals surface area contributed by atoms with Crippen LogP contribution >= 0.6 is 0 Å². The van der Waals surface area contributed by atoms with Crippen LogP contribution in [0.3, 0.4) is 0 Å². The minimum absolute atomic E-state index is 0.228. The number of hydrogen-bond acceptors (Lipinski definition) is 4. The fraction of sp³-hybridized carbons (Fsp3) is 0.729. The fourth-order valence-corrected chi connectivity index (χ4v) is 7.77. The van der Waals surface area contributed by atoms with Crippen molar-refractivity contribution >= 4 is 0 Å². The van der Waals surface area contributed by atoms with Crippen molar-refractivity contribution in [1.82, 2.24) is 9.88 Å². The molecule has 4 nitrogen and oxygen atoms in total. The Hall–Kier alpha value is -2.01. The van der Waals surface area contributed by atoms with Gasteiger partial charge in [0.1, 0.15) is 12.2 Å². The van der Waals surface area contributed by atoms with Crippen LogP contribution in [0.2, 0.25) is 0 Å². The van der Waals surface area contributed by atoms with E-state index in [1.165, 1.54) is 147 Å². The molecule has 52 heavy (non-hydrogen) atoms. The molecule has 1 aromatic heterocycles. The lowest BCUT2D eigenvalue weighted by Crippen LogP contribution is -2.36. The van der Waals surface area contributed by atoms with E-state index < -0.39 is 0 Å².